The highest BCUT2D eigenvalue weighted by atomic mass is 16.5. The summed E-state index contributed by atoms with van der Waals surface area (Å²) >= 11 is 0. The number of hydrogen-bond donors (Lipinski definition) is 1. The first-order chi connectivity index (χ1) is 12.1. The molecule has 0 spiro atoms. The Morgan fingerprint density at radius 3 is 2.84 bits per heavy atom. The largest absolute Gasteiger partial charge is 0.497 e. The van der Waals surface area contributed by atoms with Crippen molar-refractivity contribution in [1.29, 1.82) is 0 Å². The topological polar surface area (TPSA) is 49.3 Å². The summed E-state index contributed by atoms with van der Waals surface area (Å²) in [6, 6.07) is 8.49. The predicted octanol–water partition coefficient (Wildman–Crippen LogP) is 1.84. The van der Waals surface area contributed by atoms with Crippen molar-refractivity contribution in [2.45, 2.75) is 12.5 Å². The van der Waals surface area contributed by atoms with Gasteiger partial charge in [0, 0.05) is 39.7 Å². The van der Waals surface area contributed by atoms with Gasteiger partial charge >= 0.3 is 0 Å². The number of aliphatic imine (C=N–C) groups is 1. The molecule has 2 unspecified atom stereocenters. The monoisotopic (exact) mass is 348 g/mol. The van der Waals surface area contributed by atoms with Crippen LogP contribution in [-0.2, 0) is 4.74 Å². The molecule has 1 aromatic rings. The number of methoxy groups -OCH3 is 2. The van der Waals surface area contributed by atoms with Gasteiger partial charge in [-0.15, -0.1) is 0 Å². The summed E-state index contributed by atoms with van der Waals surface area (Å²) in [5.74, 6) is 2.44. The van der Waals surface area contributed by atoms with Crippen molar-refractivity contribution >= 4 is 5.96 Å². The molecule has 0 bridgehead atoms. The van der Waals surface area contributed by atoms with E-state index in [1.807, 2.05) is 19.2 Å². The maximum absolute atomic E-state index is 5.36. The molecule has 0 radical (unpaired) electrons. The first-order valence-corrected chi connectivity index (χ1v) is 8.84. The Labute approximate surface area is 151 Å². The Balaban J connectivity index is 2.00. The second kappa shape index (κ2) is 9.63. The molecule has 25 heavy (non-hydrogen) atoms. The smallest absolute Gasteiger partial charge is 0.193 e. The molecule has 1 heterocycles. The van der Waals surface area contributed by atoms with E-state index in [-0.39, 0.29) is 6.04 Å². The third kappa shape index (κ3) is 5.34. The van der Waals surface area contributed by atoms with Crippen LogP contribution in [0.15, 0.2) is 29.3 Å². The molecule has 1 N–H and O–H groups in total. The van der Waals surface area contributed by atoms with E-state index in [0.717, 1.165) is 44.4 Å². The van der Waals surface area contributed by atoms with Gasteiger partial charge in [-0.2, -0.15) is 0 Å². The van der Waals surface area contributed by atoms with E-state index in [9.17, 15) is 0 Å². The number of likely N-dealkylation sites (tertiary alicyclic amines) is 1. The lowest BCUT2D eigenvalue weighted by Crippen LogP contribution is -2.43. The summed E-state index contributed by atoms with van der Waals surface area (Å²) in [6.45, 7) is 3.63. The predicted molar refractivity (Wildman–Crippen MR) is 102 cm³/mol. The van der Waals surface area contributed by atoms with Crippen molar-refractivity contribution < 1.29 is 9.47 Å². The maximum atomic E-state index is 5.36. The molecular weight excluding hydrogens is 316 g/mol. The van der Waals surface area contributed by atoms with E-state index in [4.69, 9.17) is 9.47 Å². The molecular formula is C19H32N4O2. The molecule has 1 aliphatic heterocycles. The average molecular weight is 348 g/mol. The van der Waals surface area contributed by atoms with E-state index >= 15 is 0 Å². The molecule has 1 aliphatic rings. The van der Waals surface area contributed by atoms with Gasteiger partial charge in [-0.25, -0.2) is 0 Å². The van der Waals surface area contributed by atoms with Crippen molar-refractivity contribution in [2.75, 3.05) is 61.6 Å². The number of ether oxygens (including phenoxy) is 2. The fourth-order valence-electron chi connectivity index (χ4n) is 3.36. The first-order valence-electron chi connectivity index (χ1n) is 8.84. The third-order valence-electron chi connectivity index (χ3n) is 4.75. The van der Waals surface area contributed by atoms with Crippen LogP contribution in [0.2, 0.25) is 0 Å². The van der Waals surface area contributed by atoms with E-state index in [0.29, 0.717) is 5.92 Å². The summed E-state index contributed by atoms with van der Waals surface area (Å²) in [5, 5.41) is 3.54. The molecule has 1 fully saturated rings. The molecule has 0 aliphatic carbocycles. The highest BCUT2D eigenvalue weighted by Gasteiger charge is 2.25. The maximum Gasteiger partial charge on any atom is 0.193 e. The Morgan fingerprint density at radius 2 is 2.20 bits per heavy atom. The van der Waals surface area contributed by atoms with Crippen molar-refractivity contribution in [3.8, 4) is 5.75 Å². The summed E-state index contributed by atoms with van der Waals surface area (Å²) < 4.78 is 10.7. The van der Waals surface area contributed by atoms with Crippen LogP contribution in [0.3, 0.4) is 0 Å². The quantitative estimate of drug-likeness (QED) is 0.602. The second-order valence-corrected chi connectivity index (χ2v) is 6.74. The van der Waals surface area contributed by atoms with E-state index in [1.54, 1.807) is 14.2 Å². The van der Waals surface area contributed by atoms with Crippen molar-refractivity contribution in [1.82, 2.24) is 15.1 Å². The third-order valence-corrected chi connectivity index (χ3v) is 4.75. The number of nitrogens with one attached hydrogen (secondary N) is 1. The van der Waals surface area contributed by atoms with Crippen LogP contribution in [0, 0.1) is 5.92 Å². The average Bonchev–Trinajstić information content (AvgIpc) is 3.07. The van der Waals surface area contributed by atoms with Crippen molar-refractivity contribution in [3.63, 3.8) is 0 Å². The van der Waals surface area contributed by atoms with Gasteiger partial charge < -0.3 is 24.6 Å². The van der Waals surface area contributed by atoms with E-state index in [1.165, 1.54) is 5.56 Å². The molecule has 0 aromatic heterocycles. The van der Waals surface area contributed by atoms with E-state index in [2.05, 4.69) is 46.3 Å². The first kappa shape index (κ1) is 19.5. The second-order valence-electron chi connectivity index (χ2n) is 6.74. The standard InChI is InChI=1S/C19H32N4O2/c1-20-19(23-10-9-15(13-23)14-24-4)21-12-18(22(2)3)16-7-6-8-17(11-16)25-5/h6-8,11,15,18H,9-10,12-14H2,1-5H3,(H,20,21). The summed E-state index contributed by atoms with van der Waals surface area (Å²) in [7, 11) is 9.51. The Bertz CT molecular complexity index is 562. The Kier molecular flexibility index (Phi) is 7.52. The lowest BCUT2D eigenvalue weighted by molar-refractivity contribution is 0.157. The normalized spacial score (nSPS) is 19.4. The van der Waals surface area contributed by atoms with Gasteiger partial charge in [0.05, 0.1) is 19.8 Å². The number of likely N-dealkylation sites (N-methyl/N-ethyl adjacent to an activating group) is 1. The summed E-state index contributed by atoms with van der Waals surface area (Å²) in [4.78, 5) is 9.01. The van der Waals surface area contributed by atoms with Gasteiger partial charge in [-0.1, -0.05) is 12.1 Å². The summed E-state index contributed by atoms with van der Waals surface area (Å²) in [5.41, 5.74) is 1.23. The minimum absolute atomic E-state index is 0.240. The molecule has 0 saturated carbocycles. The van der Waals surface area contributed by atoms with Crippen LogP contribution in [0.5, 0.6) is 5.75 Å². The van der Waals surface area contributed by atoms with Crippen LogP contribution in [0.25, 0.3) is 0 Å². The zero-order valence-electron chi connectivity index (χ0n) is 16.2. The highest BCUT2D eigenvalue weighted by molar-refractivity contribution is 5.80. The van der Waals surface area contributed by atoms with Crippen LogP contribution in [0.1, 0.15) is 18.0 Å². The minimum Gasteiger partial charge on any atom is -0.497 e. The van der Waals surface area contributed by atoms with Crippen LogP contribution in [0.4, 0.5) is 0 Å². The zero-order chi connectivity index (χ0) is 18.2. The van der Waals surface area contributed by atoms with Crippen LogP contribution in [-0.4, -0.2) is 77.4 Å². The van der Waals surface area contributed by atoms with Gasteiger partial charge in [-0.05, 0) is 38.2 Å². The minimum atomic E-state index is 0.240. The molecule has 6 nitrogen and oxygen atoms in total. The fraction of sp³-hybridized carbons (Fsp3) is 0.632. The number of benzene rings is 1. The number of nitrogens with zero attached hydrogens (tertiary/aromatic N) is 3. The van der Waals surface area contributed by atoms with Crippen LogP contribution >= 0.6 is 0 Å². The molecule has 0 amide bonds. The Hall–Kier alpha value is -1.79. The van der Waals surface area contributed by atoms with Crippen LogP contribution < -0.4 is 10.1 Å². The number of guanidine groups is 1. The van der Waals surface area contributed by atoms with Gasteiger partial charge in [0.2, 0.25) is 0 Å². The number of hydrogen-bond acceptors (Lipinski definition) is 4. The van der Waals surface area contributed by atoms with Crippen molar-refractivity contribution in [3.05, 3.63) is 29.8 Å². The van der Waals surface area contributed by atoms with Gasteiger partial charge in [0.1, 0.15) is 5.75 Å². The molecule has 1 saturated heterocycles. The lowest BCUT2D eigenvalue weighted by atomic mass is 10.1. The van der Waals surface area contributed by atoms with E-state index < -0.39 is 0 Å². The molecule has 2 atom stereocenters. The SMILES string of the molecule is CN=C(NCC(c1cccc(OC)c1)N(C)C)N1CCC(COC)C1. The lowest BCUT2D eigenvalue weighted by Gasteiger charge is -2.28. The Morgan fingerprint density at radius 1 is 1.40 bits per heavy atom. The molecule has 6 heteroatoms. The van der Waals surface area contributed by atoms with Gasteiger partial charge in [0.15, 0.2) is 5.96 Å². The molecule has 2 rings (SSSR count). The van der Waals surface area contributed by atoms with Gasteiger partial charge in [0.25, 0.3) is 0 Å². The fourth-order valence-corrected chi connectivity index (χ4v) is 3.36. The van der Waals surface area contributed by atoms with Crippen molar-refractivity contribution in [2.24, 2.45) is 10.9 Å². The van der Waals surface area contributed by atoms with Gasteiger partial charge in [-0.3, -0.25) is 4.99 Å². The molecule has 1 aromatic carbocycles. The molecule has 140 valence electrons. The number of rotatable bonds is 7. The highest BCUT2D eigenvalue weighted by Crippen LogP contribution is 2.22. The summed E-state index contributed by atoms with van der Waals surface area (Å²) in [6.07, 6.45) is 1.15. The zero-order valence-corrected chi connectivity index (χ0v) is 16.2.